The maximum absolute atomic E-state index is 13.0. The molecule has 6 N–H and O–H groups in total. The molecular weight excluding hydrogens is 851 g/mol. The van der Waals surface area contributed by atoms with Crippen molar-refractivity contribution in [3.05, 3.63) is 72.9 Å². The lowest BCUT2D eigenvalue weighted by atomic mass is 9.99. The standard InChI is InChI=1S/C59H105NO8/c1-3-5-7-9-11-13-15-16-17-18-19-20-21-22-23-24-25-26-27-28-29-30-31-32-33-34-35-36-37-38-39-41-43-45-47-49-55(63)60-52(51-67-59-58(66)57(65)56(64)54(50-61)68-59)53(62)48-46-44-42-40-14-12-10-8-6-4-2/h5,7,11,13,16-17,19-20,22-23,25-26,52-54,56-59,61-62,64-66H,3-4,6,8-10,12,14-15,18,21,24,27-51H2,1-2H3,(H,60,63)/b7-5-,13-11-,17-16-,20-19-,23-22-,26-25-. The first-order chi connectivity index (χ1) is 33.3. The van der Waals surface area contributed by atoms with Crippen molar-refractivity contribution in [2.24, 2.45) is 0 Å². The topological polar surface area (TPSA) is 149 Å². The molecule has 0 aromatic heterocycles. The summed E-state index contributed by atoms with van der Waals surface area (Å²) in [6.07, 6.45) is 59.5. The molecule has 0 aromatic carbocycles. The van der Waals surface area contributed by atoms with Crippen LogP contribution in [0, 0.1) is 0 Å². The van der Waals surface area contributed by atoms with E-state index in [-0.39, 0.29) is 12.5 Å². The van der Waals surface area contributed by atoms with Gasteiger partial charge in [-0.25, -0.2) is 0 Å². The van der Waals surface area contributed by atoms with Crippen molar-refractivity contribution in [3.63, 3.8) is 0 Å². The number of unbranched alkanes of at least 4 members (excludes halogenated alkanes) is 25. The number of aliphatic hydroxyl groups is 5. The van der Waals surface area contributed by atoms with Gasteiger partial charge in [-0.3, -0.25) is 4.79 Å². The van der Waals surface area contributed by atoms with Gasteiger partial charge in [0.2, 0.25) is 5.91 Å². The molecule has 0 saturated carbocycles. The SMILES string of the molecule is CC/C=C\C/C=C\C/C=C\C/C=C\C/C=C\C/C=C\CCCCCCCCCCCCCCCCCCC(=O)NC(COC1OC(CO)C(O)C(O)C1O)C(O)CCCCCCCCCCCC. The van der Waals surface area contributed by atoms with Gasteiger partial charge in [0.05, 0.1) is 25.4 Å². The second kappa shape index (κ2) is 48.3. The maximum Gasteiger partial charge on any atom is 0.220 e. The Bertz CT molecular complexity index is 1290. The molecule has 1 fully saturated rings. The van der Waals surface area contributed by atoms with E-state index in [1.54, 1.807) is 0 Å². The second-order valence-corrected chi connectivity index (χ2v) is 19.4. The number of ether oxygens (including phenoxy) is 2. The van der Waals surface area contributed by atoms with Gasteiger partial charge in [-0.05, 0) is 64.2 Å². The minimum absolute atomic E-state index is 0.139. The van der Waals surface area contributed by atoms with Gasteiger partial charge in [-0.15, -0.1) is 0 Å². The zero-order valence-electron chi connectivity index (χ0n) is 43.6. The zero-order valence-corrected chi connectivity index (χ0v) is 43.6. The third-order valence-electron chi connectivity index (χ3n) is 13.1. The van der Waals surface area contributed by atoms with Crippen LogP contribution in [0.5, 0.6) is 0 Å². The number of nitrogens with one attached hydrogen (secondary N) is 1. The van der Waals surface area contributed by atoms with Crippen LogP contribution in [0.3, 0.4) is 0 Å². The summed E-state index contributed by atoms with van der Waals surface area (Å²) in [6, 6.07) is -0.719. The normalized spacial score (nSPS) is 20.1. The summed E-state index contributed by atoms with van der Waals surface area (Å²) >= 11 is 0. The average Bonchev–Trinajstić information content (AvgIpc) is 3.34. The Hall–Kier alpha value is -2.37. The molecule has 1 heterocycles. The van der Waals surface area contributed by atoms with Crippen LogP contribution >= 0.6 is 0 Å². The van der Waals surface area contributed by atoms with Crippen LogP contribution in [0.15, 0.2) is 72.9 Å². The van der Waals surface area contributed by atoms with Crippen LogP contribution in [0.1, 0.15) is 239 Å². The van der Waals surface area contributed by atoms with Crippen LogP contribution in [0.25, 0.3) is 0 Å². The highest BCUT2D eigenvalue weighted by molar-refractivity contribution is 5.76. The van der Waals surface area contributed by atoms with E-state index in [4.69, 9.17) is 9.47 Å². The van der Waals surface area contributed by atoms with Crippen molar-refractivity contribution in [3.8, 4) is 0 Å². The van der Waals surface area contributed by atoms with E-state index >= 15 is 0 Å². The molecule has 9 heteroatoms. The molecule has 0 bridgehead atoms. The number of hydrogen-bond acceptors (Lipinski definition) is 8. The van der Waals surface area contributed by atoms with Crippen molar-refractivity contribution >= 4 is 5.91 Å². The number of aliphatic hydroxyl groups excluding tert-OH is 5. The number of amides is 1. The lowest BCUT2D eigenvalue weighted by molar-refractivity contribution is -0.302. The Morgan fingerprint density at radius 1 is 0.515 bits per heavy atom. The predicted octanol–water partition coefficient (Wildman–Crippen LogP) is 13.7. The molecule has 394 valence electrons. The number of rotatable bonds is 47. The fourth-order valence-electron chi connectivity index (χ4n) is 8.64. The van der Waals surface area contributed by atoms with Gasteiger partial charge in [0, 0.05) is 6.42 Å². The average molecular weight is 956 g/mol. The van der Waals surface area contributed by atoms with E-state index in [2.05, 4.69) is 92.1 Å². The fraction of sp³-hybridized carbons (Fsp3) is 0.780. The molecular formula is C59H105NO8. The Labute approximate surface area is 417 Å². The number of hydrogen-bond donors (Lipinski definition) is 6. The highest BCUT2D eigenvalue weighted by Gasteiger charge is 2.44. The number of allylic oxidation sites excluding steroid dienone is 12. The molecule has 7 unspecified atom stereocenters. The summed E-state index contributed by atoms with van der Waals surface area (Å²) in [5.74, 6) is -0.147. The first kappa shape index (κ1) is 63.6. The lowest BCUT2D eigenvalue weighted by Crippen LogP contribution is -2.60. The molecule has 0 spiro atoms. The smallest absolute Gasteiger partial charge is 0.220 e. The minimum Gasteiger partial charge on any atom is -0.394 e. The first-order valence-corrected chi connectivity index (χ1v) is 28.1. The maximum atomic E-state index is 13.0. The fourth-order valence-corrected chi connectivity index (χ4v) is 8.64. The Balaban J connectivity index is 2.08. The van der Waals surface area contributed by atoms with E-state index < -0.39 is 49.5 Å². The molecule has 9 nitrogen and oxygen atoms in total. The van der Waals surface area contributed by atoms with Crippen molar-refractivity contribution < 1.29 is 39.8 Å². The highest BCUT2D eigenvalue weighted by Crippen LogP contribution is 2.23. The van der Waals surface area contributed by atoms with E-state index in [1.807, 2.05) is 0 Å². The third-order valence-corrected chi connectivity index (χ3v) is 13.1. The van der Waals surface area contributed by atoms with Gasteiger partial charge >= 0.3 is 0 Å². The van der Waals surface area contributed by atoms with Crippen molar-refractivity contribution in [2.45, 2.75) is 281 Å². The van der Waals surface area contributed by atoms with Crippen LogP contribution in [0.2, 0.25) is 0 Å². The van der Waals surface area contributed by atoms with Gasteiger partial charge in [0.1, 0.15) is 24.4 Å². The van der Waals surface area contributed by atoms with E-state index in [1.165, 1.54) is 135 Å². The molecule has 1 aliphatic rings. The van der Waals surface area contributed by atoms with Gasteiger partial charge in [-0.1, -0.05) is 241 Å². The van der Waals surface area contributed by atoms with Crippen LogP contribution < -0.4 is 5.32 Å². The van der Waals surface area contributed by atoms with E-state index in [0.717, 1.165) is 77.0 Å². The van der Waals surface area contributed by atoms with Crippen molar-refractivity contribution in [1.82, 2.24) is 5.32 Å². The molecule has 1 aliphatic heterocycles. The first-order valence-electron chi connectivity index (χ1n) is 28.1. The van der Waals surface area contributed by atoms with Crippen LogP contribution in [-0.2, 0) is 14.3 Å². The predicted molar refractivity (Wildman–Crippen MR) is 285 cm³/mol. The van der Waals surface area contributed by atoms with Crippen LogP contribution in [-0.4, -0.2) is 87.5 Å². The number of carbonyl (C=O) groups excluding carboxylic acids is 1. The number of carbonyl (C=O) groups is 1. The molecule has 0 aromatic rings. The molecule has 7 atom stereocenters. The van der Waals surface area contributed by atoms with E-state index in [0.29, 0.717) is 12.8 Å². The van der Waals surface area contributed by atoms with Gasteiger partial charge in [0.15, 0.2) is 6.29 Å². The zero-order chi connectivity index (χ0) is 49.4. The van der Waals surface area contributed by atoms with Crippen molar-refractivity contribution in [2.75, 3.05) is 13.2 Å². The molecule has 0 aliphatic carbocycles. The second-order valence-electron chi connectivity index (χ2n) is 19.4. The minimum atomic E-state index is -1.55. The van der Waals surface area contributed by atoms with Gasteiger partial charge in [0.25, 0.3) is 0 Å². The van der Waals surface area contributed by atoms with Gasteiger partial charge in [-0.2, -0.15) is 0 Å². The Morgan fingerprint density at radius 2 is 0.912 bits per heavy atom. The largest absolute Gasteiger partial charge is 0.394 e. The molecule has 1 amide bonds. The molecule has 1 rings (SSSR count). The summed E-state index contributed by atoms with van der Waals surface area (Å²) < 4.78 is 11.3. The molecule has 68 heavy (non-hydrogen) atoms. The monoisotopic (exact) mass is 956 g/mol. The Morgan fingerprint density at radius 3 is 1.35 bits per heavy atom. The lowest BCUT2D eigenvalue weighted by Gasteiger charge is -2.40. The van der Waals surface area contributed by atoms with Gasteiger partial charge < -0.3 is 40.3 Å². The summed E-state index contributed by atoms with van der Waals surface area (Å²) in [4.78, 5) is 13.0. The van der Waals surface area contributed by atoms with E-state index in [9.17, 15) is 30.3 Å². The van der Waals surface area contributed by atoms with Crippen molar-refractivity contribution in [1.29, 1.82) is 0 Å². The van der Waals surface area contributed by atoms with Crippen LogP contribution in [0.4, 0.5) is 0 Å². The quantitative estimate of drug-likeness (QED) is 0.0261. The molecule has 1 saturated heterocycles. The summed E-state index contributed by atoms with van der Waals surface area (Å²) in [6.45, 7) is 3.70. The summed E-state index contributed by atoms with van der Waals surface area (Å²) in [5, 5.41) is 54.4. The Kier molecular flexibility index (Phi) is 45.2. The highest BCUT2D eigenvalue weighted by atomic mass is 16.7. The summed E-state index contributed by atoms with van der Waals surface area (Å²) in [7, 11) is 0. The summed E-state index contributed by atoms with van der Waals surface area (Å²) in [5.41, 5.74) is 0. The molecule has 0 radical (unpaired) electrons. The third kappa shape index (κ3) is 37.5.